The summed E-state index contributed by atoms with van der Waals surface area (Å²) < 4.78 is 25.7. The molecule has 0 radical (unpaired) electrons. The number of nitrogen functional groups attached to an aromatic ring is 1. The predicted octanol–water partition coefficient (Wildman–Crippen LogP) is 2.85. The number of aryl methyl sites for hydroxylation is 1. The van der Waals surface area contributed by atoms with Crippen LogP contribution in [0.4, 0.5) is 14.5 Å². The van der Waals surface area contributed by atoms with Gasteiger partial charge in [-0.05, 0) is 30.7 Å². The van der Waals surface area contributed by atoms with Crippen molar-refractivity contribution < 1.29 is 13.6 Å². The molecular weight excluding hydrogens is 270 g/mol. The fourth-order valence-corrected chi connectivity index (χ4v) is 2.38. The normalized spacial score (nSPS) is 10.5. The molecule has 3 N–H and O–H groups in total. The van der Waals surface area contributed by atoms with Crippen LogP contribution < -0.4 is 11.1 Å². The number of nitrogens with two attached hydrogens (primary N) is 1. The van der Waals surface area contributed by atoms with E-state index in [-0.39, 0.29) is 12.5 Å². The van der Waals surface area contributed by atoms with Crippen LogP contribution in [0.1, 0.15) is 20.1 Å². The summed E-state index contributed by atoms with van der Waals surface area (Å²) >= 11 is 1.29. The van der Waals surface area contributed by atoms with Crippen LogP contribution in [-0.2, 0) is 6.54 Å². The number of nitrogens with one attached hydrogen (secondary N) is 1. The number of thiophene rings is 1. The van der Waals surface area contributed by atoms with Crippen molar-refractivity contribution in [2.75, 3.05) is 5.73 Å². The molecule has 100 valence electrons. The number of amides is 1. The van der Waals surface area contributed by atoms with Gasteiger partial charge in [0, 0.05) is 17.1 Å². The number of carbonyl (C=O) groups excluding carboxylic acids is 1. The summed E-state index contributed by atoms with van der Waals surface area (Å²) in [5.74, 6) is -2.12. The van der Waals surface area contributed by atoms with Crippen molar-refractivity contribution in [3.63, 3.8) is 0 Å². The molecule has 0 saturated carbocycles. The minimum Gasteiger partial charge on any atom is -0.398 e. The fourth-order valence-electron chi connectivity index (χ4n) is 1.53. The molecule has 0 aliphatic carbocycles. The highest BCUT2D eigenvalue weighted by molar-refractivity contribution is 7.14. The maximum absolute atomic E-state index is 13.0. The third kappa shape index (κ3) is 3.08. The smallest absolute Gasteiger partial charge is 0.261 e. The fraction of sp³-hybridized carbons (Fsp3) is 0.154. The molecule has 0 bridgehead atoms. The Bertz CT molecular complexity index is 606. The maximum atomic E-state index is 13.0. The van der Waals surface area contributed by atoms with Crippen molar-refractivity contribution in [3.8, 4) is 0 Å². The van der Waals surface area contributed by atoms with E-state index in [4.69, 9.17) is 5.73 Å². The van der Waals surface area contributed by atoms with E-state index in [1.807, 2.05) is 6.92 Å². The Hall–Kier alpha value is -1.95. The van der Waals surface area contributed by atoms with E-state index in [0.29, 0.717) is 16.1 Å². The van der Waals surface area contributed by atoms with Crippen molar-refractivity contribution in [2.24, 2.45) is 0 Å². The van der Waals surface area contributed by atoms with Crippen LogP contribution in [-0.4, -0.2) is 5.91 Å². The van der Waals surface area contributed by atoms with Gasteiger partial charge in [0.15, 0.2) is 11.6 Å². The molecule has 0 aliphatic heterocycles. The van der Waals surface area contributed by atoms with Gasteiger partial charge in [-0.3, -0.25) is 4.79 Å². The van der Waals surface area contributed by atoms with Gasteiger partial charge < -0.3 is 11.1 Å². The molecule has 0 unspecified atom stereocenters. The van der Waals surface area contributed by atoms with E-state index < -0.39 is 11.6 Å². The standard InChI is InChI=1S/C13H12F2N2OS/c1-7-11(16)5-12(19-7)13(18)17-6-8-2-3-9(14)10(15)4-8/h2-5H,6,16H2,1H3,(H,17,18). The second-order valence-electron chi connectivity index (χ2n) is 4.05. The van der Waals surface area contributed by atoms with E-state index >= 15 is 0 Å². The number of carbonyl (C=O) groups is 1. The Labute approximate surface area is 113 Å². The Balaban J connectivity index is 2.02. The van der Waals surface area contributed by atoms with Crippen molar-refractivity contribution in [1.29, 1.82) is 0 Å². The van der Waals surface area contributed by atoms with Crippen LogP contribution in [0.2, 0.25) is 0 Å². The number of hydrogen-bond acceptors (Lipinski definition) is 3. The molecule has 1 aromatic heterocycles. The molecule has 2 rings (SSSR count). The SMILES string of the molecule is Cc1sc(C(=O)NCc2ccc(F)c(F)c2)cc1N. The van der Waals surface area contributed by atoms with Crippen LogP contribution in [0.25, 0.3) is 0 Å². The number of hydrogen-bond donors (Lipinski definition) is 2. The first-order valence-electron chi connectivity index (χ1n) is 5.55. The maximum Gasteiger partial charge on any atom is 0.261 e. The summed E-state index contributed by atoms with van der Waals surface area (Å²) in [6.45, 7) is 1.96. The number of rotatable bonds is 3. The lowest BCUT2D eigenvalue weighted by atomic mass is 10.2. The minimum absolute atomic E-state index is 0.132. The summed E-state index contributed by atoms with van der Waals surface area (Å²) in [6.07, 6.45) is 0. The second kappa shape index (κ2) is 5.36. The number of halogens is 2. The predicted molar refractivity (Wildman–Crippen MR) is 71.0 cm³/mol. The molecule has 1 heterocycles. The van der Waals surface area contributed by atoms with Crippen LogP contribution in [0.15, 0.2) is 24.3 Å². The zero-order valence-electron chi connectivity index (χ0n) is 10.2. The zero-order valence-corrected chi connectivity index (χ0v) is 11.0. The van der Waals surface area contributed by atoms with E-state index in [1.165, 1.54) is 17.4 Å². The molecule has 0 fully saturated rings. The summed E-state index contributed by atoms with van der Waals surface area (Å²) in [4.78, 5) is 13.2. The van der Waals surface area contributed by atoms with Crippen molar-refractivity contribution in [1.82, 2.24) is 5.32 Å². The van der Waals surface area contributed by atoms with Gasteiger partial charge in [0.05, 0.1) is 4.88 Å². The molecule has 0 saturated heterocycles. The van der Waals surface area contributed by atoms with Gasteiger partial charge in [-0.2, -0.15) is 0 Å². The highest BCUT2D eigenvalue weighted by atomic mass is 32.1. The Morgan fingerprint density at radius 2 is 2.05 bits per heavy atom. The molecule has 19 heavy (non-hydrogen) atoms. The molecule has 3 nitrogen and oxygen atoms in total. The lowest BCUT2D eigenvalue weighted by molar-refractivity contribution is 0.0955. The topological polar surface area (TPSA) is 55.1 Å². The third-order valence-electron chi connectivity index (χ3n) is 2.62. The van der Waals surface area contributed by atoms with Crippen molar-refractivity contribution in [3.05, 3.63) is 51.2 Å². The number of benzene rings is 1. The average Bonchev–Trinajstić information content (AvgIpc) is 2.71. The summed E-state index contributed by atoms with van der Waals surface area (Å²) in [5, 5.41) is 2.63. The molecule has 0 atom stereocenters. The first kappa shape index (κ1) is 13.5. The first-order chi connectivity index (χ1) is 8.97. The Kier molecular flexibility index (Phi) is 3.80. The highest BCUT2D eigenvalue weighted by Crippen LogP contribution is 2.23. The minimum atomic E-state index is -0.928. The van der Waals surface area contributed by atoms with Crippen molar-refractivity contribution in [2.45, 2.75) is 13.5 Å². The molecule has 6 heteroatoms. The molecular formula is C13H12F2N2OS. The summed E-state index contributed by atoms with van der Waals surface area (Å²) in [6, 6.07) is 5.11. The highest BCUT2D eigenvalue weighted by Gasteiger charge is 2.11. The molecule has 1 amide bonds. The largest absolute Gasteiger partial charge is 0.398 e. The van der Waals surface area contributed by atoms with Crippen LogP contribution in [0, 0.1) is 18.6 Å². The van der Waals surface area contributed by atoms with E-state index in [0.717, 1.165) is 17.0 Å². The van der Waals surface area contributed by atoms with E-state index in [1.54, 1.807) is 6.07 Å². The van der Waals surface area contributed by atoms with Crippen LogP contribution >= 0.6 is 11.3 Å². The quantitative estimate of drug-likeness (QED) is 0.909. The lowest BCUT2D eigenvalue weighted by Crippen LogP contribution is -2.21. The average molecular weight is 282 g/mol. The monoisotopic (exact) mass is 282 g/mol. The first-order valence-corrected chi connectivity index (χ1v) is 6.37. The van der Waals surface area contributed by atoms with E-state index in [9.17, 15) is 13.6 Å². The second-order valence-corrected chi connectivity index (χ2v) is 5.31. The van der Waals surface area contributed by atoms with E-state index in [2.05, 4.69) is 5.32 Å². The molecule has 1 aromatic carbocycles. The van der Waals surface area contributed by atoms with Gasteiger partial charge >= 0.3 is 0 Å². The molecule has 0 spiro atoms. The van der Waals surface area contributed by atoms with Gasteiger partial charge in [0.2, 0.25) is 0 Å². The molecule has 0 aliphatic rings. The van der Waals surface area contributed by atoms with Gasteiger partial charge in [-0.1, -0.05) is 6.07 Å². The third-order valence-corrected chi connectivity index (χ3v) is 3.68. The van der Waals surface area contributed by atoms with Gasteiger partial charge in [-0.25, -0.2) is 8.78 Å². The zero-order chi connectivity index (χ0) is 14.0. The Morgan fingerprint density at radius 1 is 1.32 bits per heavy atom. The van der Waals surface area contributed by atoms with Gasteiger partial charge in [0.1, 0.15) is 0 Å². The summed E-state index contributed by atoms with van der Waals surface area (Å²) in [5.41, 5.74) is 6.73. The summed E-state index contributed by atoms with van der Waals surface area (Å²) in [7, 11) is 0. The molecule has 2 aromatic rings. The van der Waals surface area contributed by atoms with Crippen LogP contribution in [0.5, 0.6) is 0 Å². The van der Waals surface area contributed by atoms with Gasteiger partial charge in [0.25, 0.3) is 5.91 Å². The van der Waals surface area contributed by atoms with Gasteiger partial charge in [-0.15, -0.1) is 11.3 Å². The van der Waals surface area contributed by atoms with Crippen LogP contribution in [0.3, 0.4) is 0 Å². The van der Waals surface area contributed by atoms with Crippen molar-refractivity contribution >= 4 is 22.9 Å². The lowest BCUT2D eigenvalue weighted by Gasteiger charge is -2.04. The Morgan fingerprint density at radius 3 is 2.63 bits per heavy atom. The number of anilines is 1.